The molecule has 0 aromatic heterocycles. The SMILES string of the molecule is CCNC(=O)CN1CCN(C(=O)c2cc(S(=O)(=O)Nc3ccccc3C)ccc2C)CC1. The summed E-state index contributed by atoms with van der Waals surface area (Å²) in [6.07, 6.45) is 0. The zero-order valence-electron chi connectivity index (χ0n) is 18.7. The minimum atomic E-state index is -3.84. The van der Waals surface area contributed by atoms with Crippen LogP contribution in [-0.2, 0) is 14.8 Å². The van der Waals surface area contributed by atoms with E-state index in [1.54, 1.807) is 30.0 Å². The third-order valence-electron chi connectivity index (χ3n) is 5.54. The lowest BCUT2D eigenvalue weighted by Gasteiger charge is -2.34. The number of nitrogens with zero attached hydrogens (tertiary/aromatic N) is 2. The van der Waals surface area contributed by atoms with Gasteiger partial charge in [0.1, 0.15) is 0 Å². The number of likely N-dealkylation sites (N-methyl/N-ethyl adjacent to an activating group) is 1. The van der Waals surface area contributed by atoms with Gasteiger partial charge in [0.2, 0.25) is 5.91 Å². The maximum absolute atomic E-state index is 13.2. The number of hydrogen-bond donors (Lipinski definition) is 2. The summed E-state index contributed by atoms with van der Waals surface area (Å²) < 4.78 is 28.5. The predicted molar refractivity (Wildman–Crippen MR) is 124 cm³/mol. The van der Waals surface area contributed by atoms with E-state index in [1.807, 2.05) is 30.9 Å². The lowest BCUT2D eigenvalue weighted by molar-refractivity contribution is -0.122. The van der Waals surface area contributed by atoms with E-state index in [4.69, 9.17) is 0 Å². The number of carbonyl (C=O) groups excluding carboxylic acids is 2. The summed E-state index contributed by atoms with van der Waals surface area (Å²) in [7, 11) is -3.84. The van der Waals surface area contributed by atoms with Gasteiger partial charge >= 0.3 is 0 Å². The van der Waals surface area contributed by atoms with Crippen LogP contribution in [-0.4, -0.2) is 69.3 Å². The highest BCUT2D eigenvalue weighted by molar-refractivity contribution is 7.92. The number of amides is 2. The Bertz CT molecular complexity index is 1090. The first-order chi connectivity index (χ1) is 15.2. The summed E-state index contributed by atoms with van der Waals surface area (Å²) in [6, 6.07) is 11.7. The summed E-state index contributed by atoms with van der Waals surface area (Å²) in [4.78, 5) is 28.7. The van der Waals surface area contributed by atoms with Crippen LogP contribution in [0.4, 0.5) is 5.69 Å². The summed E-state index contributed by atoms with van der Waals surface area (Å²) in [5.74, 6) is -0.227. The minimum absolute atomic E-state index is 0.0258. The van der Waals surface area contributed by atoms with Gasteiger partial charge in [0, 0.05) is 38.3 Å². The molecule has 0 radical (unpaired) electrons. The number of carbonyl (C=O) groups is 2. The fourth-order valence-electron chi connectivity index (χ4n) is 3.63. The van der Waals surface area contributed by atoms with Crippen molar-refractivity contribution in [3.05, 3.63) is 59.2 Å². The Morgan fingerprint density at radius 1 is 0.969 bits per heavy atom. The molecule has 1 aliphatic rings. The van der Waals surface area contributed by atoms with Crippen LogP contribution in [0.15, 0.2) is 47.4 Å². The molecule has 0 aliphatic carbocycles. The molecular formula is C23H30N4O4S. The van der Waals surface area contributed by atoms with Crippen molar-refractivity contribution in [1.29, 1.82) is 0 Å². The normalized spacial score (nSPS) is 14.8. The topological polar surface area (TPSA) is 98.8 Å². The molecule has 1 heterocycles. The van der Waals surface area contributed by atoms with Crippen molar-refractivity contribution in [2.24, 2.45) is 0 Å². The fraction of sp³-hybridized carbons (Fsp3) is 0.391. The molecule has 2 aromatic rings. The second-order valence-corrected chi connectivity index (χ2v) is 9.60. The van der Waals surface area contributed by atoms with Crippen LogP contribution < -0.4 is 10.0 Å². The van der Waals surface area contributed by atoms with Crippen molar-refractivity contribution in [1.82, 2.24) is 15.1 Å². The van der Waals surface area contributed by atoms with E-state index >= 15 is 0 Å². The zero-order chi connectivity index (χ0) is 23.3. The van der Waals surface area contributed by atoms with Crippen molar-refractivity contribution in [3.8, 4) is 0 Å². The van der Waals surface area contributed by atoms with E-state index in [2.05, 4.69) is 10.0 Å². The van der Waals surface area contributed by atoms with Crippen molar-refractivity contribution in [3.63, 3.8) is 0 Å². The third kappa shape index (κ3) is 5.66. The van der Waals surface area contributed by atoms with E-state index in [9.17, 15) is 18.0 Å². The molecule has 1 aliphatic heterocycles. The molecule has 172 valence electrons. The van der Waals surface area contributed by atoms with E-state index in [1.165, 1.54) is 12.1 Å². The average Bonchev–Trinajstić information content (AvgIpc) is 2.75. The Morgan fingerprint density at radius 2 is 1.66 bits per heavy atom. The summed E-state index contributed by atoms with van der Waals surface area (Å²) in [5, 5.41) is 2.78. The highest BCUT2D eigenvalue weighted by atomic mass is 32.2. The van der Waals surface area contributed by atoms with Crippen LogP contribution >= 0.6 is 0 Å². The van der Waals surface area contributed by atoms with Gasteiger partial charge in [-0.15, -0.1) is 0 Å². The number of piperazine rings is 1. The smallest absolute Gasteiger partial charge is 0.261 e. The summed E-state index contributed by atoms with van der Waals surface area (Å²) in [5.41, 5.74) is 2.40. The van der Waals surface area contributed by atoms with E-state index in [0.717, 1.165) is 11.1 Å². The lowest BCUT2D eigenvalue weighted by atomic mass is 10.1. The van der Waals surface area contributed by atoms with Crippen LogP contribution in [0.1, 0.15) is 28.4 Å². The van der Waals surface area contributed by atoms with Gasteiger partial charge in [0.15, 0.2) is 0 Å². The van der Waals surface area contributed by atoms with E-state index < -0.39 is 10.0 Å². The molecule has 0 unspecified atom stereocenters. The molecule has 9 heteroatoms. The fourth-order valence-corrected chi connectivity index (χ4v) is 4.78. The van der Waals surface area contributed by atoms with Gasteiger partial charge < -0.3 is 10.2 Å². The van der Waals surface area contributed by atoms with Crippen molar-refractivity contribution in [2.75, 3.05) is 44.0 Å². The summed E-state index contributed by atoms with van der Waals surface area (Å²) in [6.45, 7) is 8.55. The Morgan fingerprint density at radius 3 is 2.31 bits per heavy atom. The number of hydrogen-bond acceptors (Lipinski definition) is 5. The zero-order valence-corrected chi connectivity index (χ0v) is 19.5. The Kier molecular flexibility index (Phi) is 7.52. The van der Waals surface area contributed by atoms with Crippen LogP contribution in [0.2, 0.25) is 0 Å². The molecular weight excluding hydrogens is 428 g/mol. The molecule has 2 aromatic carbocycles. The number of nitrogens with one attached hydrogen (secondary N) is 2. The average molecular weight is 459 g/mol. The third-order valence-corrected chi connectivity index (χ3v) is 6.90. The van der Waals surface area contributed by atoms with Crippen LogP contribution in [0.5, 0.6) is 0 Å². The second-order valence-electron chi connectivity index (χ2n) is 7.92. The van der Waals surface area contributed by atoms with Crippen LogP contribution in [0.3, 0.4) is 0 Å². The first-order valence-corrected chi connectivity index (χ1v) is 12.2. The number of para-hydroxylation sites is 1. The highest BCUT2D eigenvalue weighted by Gasteiger charge is 2.26. The van der Waals surface area contributed by atoms with Gasteiger partial charge in [-0.05, 0) is 50.1 Å². The standard InChI is InChI=1S/C23H30N4O4S/c1-4-24-22(28)16-26-11-13-27(14-12-26)23(29)20-15-19(10-9-17(20)2)32(30,31)25-21-8-6-5-7-18(21)3/h5-10,15,25H,4,11-14,16H2,1-3H3,(H,24,28). The molecule has 1 saturated heterocycles. The lowest BCUT2D eigenvalue weighted by Crippen LogP contribution is -2.51. The Labute approximate surface area is 189 Å². The number of aryl methyl sites for hydroxylation is 2. The molecule has 2 N–H and O–H groups in total. The van der Waals surface area contributed by atoms with Crippen LogP contribution in [0, 0.1) is 13.8 Å². The van der Waals surface area contributed by atoms with Crippen molar-refractivity contribution >= 4 is 27.5 Å². The number of anilines is 1. The van der Waals surface area contributed by atoms with Gasteiger partial charge in [-0.2, -0.15) is 0 Å². The number of benzene rings is 2. The molecule has 0 saturated carbocycles. The summed E-state index contributed by atoms with van der Waals surface area (Å²) >= 11 is 0. The van der Waals surface area contributed by atoms with Crippen LogP contribution in [0.25, 0.3) is 0 Å². The van der Waals surface area contributed by atoms with Crippen molar-refractivity contribution < 1.29 is 18.0 Å². The highest BCUT2D eigenvalue weighted by Crippen LogP contribution is 2.22. The molecule has 3 rings (SSSR count). The molecule has 0 atom stereocenters. The van der Waals surface area contributed by atoms with Gasteiger partial charge in [0.25, 0.3) is 15.9 Å². The van der Waals surface area contributed by atoms with Gasteiger partial charge in [-0.1, -0.05) is 24.3 Å². The monoisotopic (exact) mass is 458 g/mol. The van der Waals surface area contributed by atoms with Gasteiger partial charge in [-0.3, -0.25) is 19.2 Å². The predicted octanol–water partition coefficient (Wildman–Crippen LogP) is 2.00. The Balaban J connectivity index is 1.72. The largest absolute Gasteiger partial charge is 0.355 e. The first kappa shape index (κ1) is 23.7. The van der Waals surface area contributed by atoms with E-state index in [-0.39, 0.29) is 16.7 Å². The van der Waals surface area contributed by atoms with Crippen molar-refractivity contribution in [2.45, 2.75) is 25.7 Å². The molecule has 8 nitrogen and oxygen atoms in total. The van der Waals surface area contributed by atoms with Gasteiger partial charge in [-0.25, -0.2) is 8.42 Å². The molecule has 2 amide bonds. The maximum atomic E-state index is 13.2. The molecule has 32 heavy (non-hydrogen) atoms. The number of sulfonamides is 1. The van der Waals surface area contributed by atoms with Gasteiger partial charge in [0.05, 0.1) is 17.1 Å². The number of rotatable bonds is 7. The molecule has 0 bridgehead atoms. The molecule has 0 spiro atoms. The molecule has 1 fully saturated rings. The maximum Gasteiger partial charge on any atom is 0.261 e. The Hall–Kier alpha value is -2.91. The second kappa shape index (κ2) is 10.1. The van der Waals surface area contributed by atoms with E-state index in [0.29, 0.717) is 50.5 Å². The quantitative estimate of drug-likeness (QED) is 0.661. The first-order valence-electron chi connectivity index (χ1n) is 10.7. The minimum Gasteiger partial charge on any atom is -0.355 e.